The van der Waals surface area contributed by atoms with Crippen molar-refractivity contribution in [2.75, 3.05) is 0 Å². The minimum atomic E-state index is 1.15. The van der Waals surface area contributed by atoms with Crippen LogP contribution in [0.3, 0.4) is 0 Å². The summed E-state index contributed by atoms with van der Waals surface area (Å²) in [6.45, 7) is 4.38. The van der Waals surface area contributed by atoms with Crippen LogP contribution < -0.4 is 0 Å². The molecule has 0 aromatic heterocycles. The molecule has 0 fully saturated rings. The van der Waals surface area contributed by atoms with Crippen LogP contribution in [0.4, 0.5) is 0 Å². The molecule has 1 radical (unpaired) electrons. The van der Waals surface area contributed by atoms with Gasteiger partial charge in [-0.15, -0.1) is 0 Å². The van der Waals surface area contributed by atoms with E-state index in [1.807, 2.05) is 0 Å². The topological polar surface area (TPSA) is 0 Å². The van der Waals surface area contributed by atoms with Gasteiger partial charge in [0, 0.05) is 0 Å². The van der Waals surface area contributed by atoms with E-state index in [9.17, 15) is 0 Å². The fourth-order valence-electron chi connectivity index (χ4n) is 0.644. The number of rotatable bonds is 5. The van der Waals surface area contributed by atoms with E-state index in [1.54, 1.807) is 0 Å². The molecule has 0 saturated carbocycles. The van der Waals surface area contributed by atoms with Crippen molar-refractivity contribution in [3.63, 3.8) is 0 Å². The molecule has 0 aliphatic carbocycles. The van der Waals surface area contributed by atoms with Crippen molar-refractivity contribution in [1.82, 2.24) is 0 Å². The molecule has 0 spiro atoms. The van der Waals surface area contributed by atoms with E-state index in [0.29, 0.717) is 0 Å². The van der Waals surface area contributed by atoms with Gasteiger partial charge in [-0.05, 0) is 19.3 Å². The molecule has 0 aromatic carbocycles. The fraction of sp³-hybridized carbons (Fsp3) is 0.667. The van der Waals surface area contributed by atoms with Crippen molar-refractivity contribution < 1.29 is 0 Å². The van der Waals surface area contributed by atoms with Crippen LogP contribution in [0.2, 0.25) is 0 Å². The fourth-order valence-corrected chi connectivity index (χ4v) is 0.644. The average Bonchev–Trinajstić information content (AvgIpc) is 1.89. The molecule has 0 heteroatoms. The summed E-state index contributed by atoms with van der Waals surface area (Å²) in [6, 6.07) is 0. The summed E-state index contributed by atoms with van der Waals surface area (Å²) in [4.78, 5) is 0. The summed E-state index contributed by atoms with van der Waals surface area (Å²) in [6.07, 6.45) is 11.6. The van der Waals surface area contributed by atoms with Crippen molar-refractivity contribution in [2.45, 2.75) is 39.5 Å². The highest BCUT2D eigenvalue weighted by atomic mass is 13.8. The minimum absolute atomic E-state index is 1.15. The van der Waals surface area contributed by atoms with Gasteiger partial charge < -0.3 is 0 Å². The SMILES string of the molecule is CC[CH]C/C=C/CCC. The molecule has 0 aliphatic rings. The summed E-state index contributed by atoms with van der Waals surface area (Å²) < 4.78 is 0. The molecule has 0 atom stereocenters. The first-order valence-electron chi connectivity index (χ1n) is 3.88. The molecule has 0 aliphatic heterocycles. The Balaban J connectivity index is 2.86. The second kappa shape index (κ2) is 7.74. The Kier molecular flexibility index (Phi) is 7.52. The molecule has 0 heterocycles. The Labute approximate surface area is 59.0 Å². The largest absolute Gasteiger partial charge is 0.0885 e. The normalized spacial score (nSPS) is 10.9. The van der Waals surface area contributed by atoms with Crippen LogP contribution in [-0.2, 0) is 0 Å². The summed E-state index contributed by atoms with van der Waals surface area (Å²) in [7, 11) is 0. The molecular formula is C9H17. The molecular weight excluding hydrogens is 108 g/mol. The van der Waals surface area contributed by atoms with E-state index in [4.69, 9.17) is 0 Å². The maximum absolute atomic E-state index is 2.28. The van der Waals surface area contributed by atoms with E-state index >= 15 is 0 Å². The number of unbranched alkanes of at least 4 members (excludes halogenated alkanes) is 3. The van der Waals surface area contributed by atoms with Gasteiger partial charge in [0.25, 0.3) is 0 Å². The van der Waals surface area contributed by atoms with E-state index in [2.05, 4.69) is 32.4 Å². The summed E-state index contributed by atoms with van der Waals surface area (Å²) in [5, 5.41) is 0. The second-order valence-corrected chi connectivity index (χ2v) is 2.19. The molecule has 0 saturated heterocycles. The monoisotopic (exact) mass is 125 g/mol. The predicted molar refractivity (Wildman–Crippen MR) is 43.3 cm³/mol. The molecule has 0 N–H and O–H groups in total. The zero-order valence-electron chi connectivity index (χ0n) is 6.56. The maximum Gasteiger partial charge on any atom is -0.0320 e. The third-order valence-corrected chi connectivity index (χ3v) is 1.21. The van der Waals surface area contributed by atoms with E-state index in [-0.39, 0.29) is 0 Å². The Hall–Kier alpha value is -0.260. The van der Waals surface area contributed by atoms with Crippen molar-refractivity contribution >= 4 is 0 Å². The second-order valence-electron chi connectivity index (χ2n) is 2.19. The molecule has 9 heavy (non-hydrogen) atoms. The van der Waals surface area contributed by atoms with Gasteiger partial charge in [0.05, 0.1) is 0 Å². The smallest absolute Gasteiger partial charge is 0.0320 e. The lowest BCUT2D eigenvalue weighted by atomic mass is 10.2. The molecule has 53 valence electrons. The highest BCUT2D eigenvalue weighted by Gasteiger charge is 1.76. The third kappa shape index (κ3) is 7.74. The minimum Gasteiger partial charge on any atom is -0.0885 e. The zero-order chi connectivity index (χ0) is 6.95. The maximum atomic E-state index is 2.28. The van der Waals surface area contributed by atoms with Gasteiger partial charge in [-0.3, -0.25) is 0 Å². The van der Waals surface area contributed by atoms with Gasteiger partial charge in [0.1, 0.15) is 0 Å². The average molecular weight is 125 g/mol. The van der Waals surface area contributed by atoms with Gasteiger partial charge in [0.15, 0.2) is 0 Å². The Bertz CT molecular complexity index is 62.4. The lowest BCUT2D eigenvalue weighted by Gasteiger charge is -1.86. The van der Waals surface area contributed by atoms with Crippen molar-refractivity contribution in [2.24, 2.45) is 0 Å². The highest BCUT2D eigenvalue weighted by molar-refractivity contribution is 4.85. The molecule has 0 unspecified atom stereocenters. The lowest BCUT2D eigenvalue weighted by molar-refractivity contribution is 0.946. The molecule has 0 nitrogen and oxygen atoms in total. The highest BCUT2D eigenvalue weighted by Crippen LogP contribution is 1.95. The van der Waals surface area contributed by atoms with Gasteiger partial charge in [-0.2, -0.15) is 0 Å². The zero-order valence-corrected chi connectivity index (χ0v) is 6.56. The van der Waals surface area contributed by atoms with Crippen LogP contribution in [0.1, 0.15) is 39.5 Å². The van der Waals surface area contributed by atoms with Gasteiger partial charge in [0.2, 0.25) is 0 Å². The van der Waals surface area contributed by atoms with Gasteiger partial charge in [-0.1, -0.05) is 38.8 Å². The van der Waals surface area contributed by atoms with Crippen LogP contribution in [0, 0.1) is 6.42 Å². The van der Waals surface area contributed by atoms with Crippen molar-refractivity contribution in [3.05, 3.63) is 18.6 Å². The van der Waals surface area contributed by atoms with E-state index in [1.165, 1.54) is 19.3 Å². The molecule has 0 amide bonds. The Morgan fingerprint density at radius 2 is 1.89 bits per heavy atom. The van der Waals surface area contributed by atoms with Crippen molar-refractivity contribution in [3.8, 4) is 0 Å². The molecule has 0 aromatic rings. The van der Waals surface area contributed by atoms with Gasteiger partial charge >= 0.3 is 0 Å². The quantitative estimate of drug-likeness (QED) is 0.390. The number of hydrogen-bond donors (Lipinski definition) is 0. The van der Waals surface area contributed by atoms with E-state index in [0.717, 1.165) is 6.42 Å². The molecule has 0 bridgehead atoms. The van der Waals surface area contributed by atoms with E-state index < -0.39 is 0 Å². The Morgan fingerprint density at radius 1 is 1.11 bits per heavy atom. The summed E-state index contributed by atoms with van der Waals surface area (Å²) >= 11 is 0. The standard InChI is InChI=1S/C9H17/c1-3-5-7-9-8-6-4-2/h5,8-9H,3-4,6-7H2,1-2H3/b9-8+. The van der Waals surface area contributed by atoms with Crippen LogP contribution >= 0.6 is 0 Å². The van der Waals surface area contributed by atoms with Gasteiger partial charge in [-0.25, -0.2) is 0 Å². The number of hydrogen-bond acceptors (Lipinski definition) is 0. The summed E-state index contributed by atoms with van der Waals surface area (Å²) in [5.41, 5.74) is 0. The van der Waals surface area contributed by atoms with Crippen LogP contribution in [0.15, 0.2) is 12.2 Å². The Morgan fingerprint density at radius 3 is 2.44 bits per heavy atom. The number of allylic oxidation sites excluding steroid dienone is 2. The van der Waals surface area contributed by atoms with Crippen LogP contribution in [0.25, 0.3) is 0 Å². The first kappa shape index (κ1) is 8.74. The first-order chi connectivity index (χ1) is 4.41. The predicted octanol–water partition coefficient (Wildman–Crippen LogP) is 3.35. The lowest BCUT2D eigenvalue weighted by Crippen LogP contribution is -1.68. The first-order valence-corrected chi connectivity index (χ1v) is 3.88. The third-order valence-electron chi connectivity index (χ3n) is 1.21. The van der Waals surface area contributed by atoms with Crippen molar-refractivity contribution in [1.29, 1.82) is 0 Å². The van der Waals surface area contributed by atoms with Crippen LogP contribution in [0.5, 0.6) is 0 Å². The summed E-state index contributed by atoms with van der Waals surface area (Å²) in [5.74, 6) is 0. The van der Waals surface area contributed by atoms with Crippen LogP contribution in [-0.4, -0.2) is 0 Å². The molecule has 0 rings (SSSR count).